The number of hydrogen-bond donors (Lipinski definition) is 0. The first-order valence-electron chi connectivity index (χ1n) is 11.7. The van der Waals surface area contributed by atoms with Crippen molar-refractivity contribution in [2.45, 2.75) is 25.6 Å². The van der Waals surface area contributed by atoms with Crippen molar-refractivity contribution in [3.8, 4) is 0 Å². The first kappa shape index (κ1) is 22.5. The number of halogens is 3. The summed E-state index contributed by atoms with van der Waals surface area (Å²) in [6, 6.07) is 14.3. The van der Waals surface area contributed by atoms with Crippen LogP contribution in [0.2, 0.25) is 0 Å². The molecule has 184 valence electrons. The molecule has 6 rings (SSSR count). The molecule has 0 radical (unpaired) electrons. The van der Waals surface area contributed by atoms with Crippen LogP contribution in [0.3, 0.4) is 0 Å². The maximum Gasteiger partial charge on any atom is 0.416 e. The van der Waals surface area contributed by atoms with Gasteiger partial charge >= 0.3 is 6.18 Å². The Balaban J connectivity index is 1.48. The molecule has 3 aliphatic heterocycles. The van der Waals surface area contributed by atoms with Gasteiger partial charge in [0.25, 0.3) is 5.91 Å². The van der Waals surface area contributed by atoms with E-state index >= 15 is 0 Å². The number of amides is 1. The Morgan fingerprint density at radius 2 is 1.75 bits per heavy atom. The third-order valence-electron chi connectivity index (χ3n) is 7.44. The van der Waals surface area contributed by atoms with E-state index in [1.807, 2.05) is 23.1 Å². The van der Waals surface area contributed by atoms with Crippen LogP contribution in [0.5, 0.6) is 0 Å². The van der Waals surface area contributed by atoms with Gasteiger partial charge < -0.3 is 9.80 Å². The van der Waals surface area contributed by atoms with Gasteiger partial charge in [0.15, 0.2) is 0 Å². The zero-order valence-electron chi connectivity index (χ0n) is 19.5. The highest BCUT2D eigenvalue weighted by Gasteiger charge is 2.60. The van der Waals surface area contributed by atoms with E-state index in [9.17, 15) is 18.0 Å². The largest absolute Gasteiger partial charge is 0.416 e. The first-order valence-corrected chi connectivity index (χ1v) is 11.7. The van der Waals surface area contributed by atoms with Crippen LogP contribution < -0.4 is 14.8 Å². The summed E-state index contributed by atoms with van der Waals surface area (Å²) in [5, 5.41) is 6.04. The monoisotopic (exact) mass is 492 g/mol. The topological polar surface area (TPSA) is 64.9 Å². The number of hydrazone groups is 1. The minimum atomic E-state index is -4.47. The minimum absolute atomic E-state index is 0.133. The molecule has 2 aromatic carbocycles. The Kier molecular flexibility index (Phi) is 5.03. The van der Waals surface area contributed by atoms with E-state index in [1.54, 1.807) is 37.5 Å². The molecule has 2 atom stereocenters. The summed E-state index contributed by atoms with van der Waals surface area (Å²) in [5.41, 5.74) is 0.602. The lowest BCUT2D eigenvalue weighted by Crippen LogP contribution is -2.67. The van der Waals surface area contributed by atoms with Crippen LogP contribution in [0, 0.1) is 5.41 Å². The summed E-state index contributed by atoms with van der Waals surface area (Å²) >= 11 is 0. The van der Waals surface area contributed by atoms with Gasteiger partial charge in [0.2, 0.25) is 5.95 Å². The Hall–Kier alpha value is -3.95. The van der Waals surface area contributed by atoms with E-state index in [4.69, 9.17) is 0 Å². The molecule has 10 heteroatoms. The number of para-hydroxylation sites is 1. The number of hydrogen-bond acceptors (Lipinski definition) is 6. The smallest absolute Gasteiger partial charge is 0.363 e. The number of aromatic nitrogens is 2. The third-order valence-corrected chi connectivity index (χ3v) is 7.44. The predicted octanol–water partition coefficient (Wildman–Crippen LogP) is 4.16. The van der Waals surface area contributed by atoms with Gasteiger partial charge in [-0.2, -0.15) is 23.3 Å². The summed E-state index contributed by atoms with van der Waals surface area (Å²) in [7, 11) is 0. The van der Waals surface area contributed by atoms with Crippen molar-refractivity contribution in [1.29, 1.82) is 0 Å². The van der Waals surface area contributed by atoms with Crippen molar-refractivity contribution < 1.29 is 18.0 Å². The van der Waals surface area contributed by atoms with E-state index in [1.165, 1.54) is 17.1 Å². The Morgan fingerprint density at radius 3 is 2.47 bits per heavy atom. The summed E-state index contributed by atoms with van der Waals surface area (Å²) in [5.74, 6) is 0.325. The van der Waals surface area contributed by atoms with E-state index in [-0.39, 0.29) is 18.4 Å². The van der Waals surface area contributed by atoms with Crippen LogP contribution in [0.4, 0.5) is 30.5 Å². The van der Waals surface area contributed by atoms with Gasteiger partial charge in [0.1, 0.15) is 5.41 Å². The molecule has 1 spiro atoms. The van der Waals surface area contributed by atoms with Crippen molar-refractivity contribution in [3.63, 3.8) is 0 Å². The fourth-order valence-corrected chi connectivity index (χ4v) is 5.69. The second-order valence-corrected chi connectivity index (χ2v) is 9.33. The van der Waals surface area contributed by atoms with Gasteiger partial charge in [-0.1, -0.05) is 18.2 Å². The number of carbonyl (C=O) groups is 1. The maximum absolute atomic E-state index is 14.2. The van der Waals surface area contributed by atoms with Crippen LogP contribution in [0.25, 0.3) is 0 Å². The highest BCUT2D eigenvalue weighted by atomic mass is 19.4. The molecule has 0 saturated carbocycles. The lowest BCUT2D eigenvalue weighted by Gasteiger charge is -2.53. The fourth-order valence-electron chi connectivity index (χ4n) is 5.69. The Bertz CT molecular complexity index is 1350. The second kappa shape index (κ2) is 8.04. The molecule has 7 nitrogen and oxygen atoms in total. The number of anilines is 3. The molecule has 0 aliphatic carbocycles. The highest BCUT2D eigenvalue weighted by molar-refractivity contribution is 6.20. The molecule has 0 bridgehead atoms. The van der Waals surface area contributed by atoms with Crippen LogP contribution >= 0.6 is 0 Å². The van der Waals surface area contributed by atoms with Crippen molar-refractivity contribution in [1.82, 2.24) is 9.97 Å². The van der Waals surface area contributed by atoms with E-state index < -0.39 is 17.2 Å². The van der Waals surface area contributed by atoms with Gasteiger partial charge in [-0.05, 0) is 55.3 Å². The van der Waals surface area contributed by atoms with Gasteiger partial charge in [-0.25, -0.2) is 9.97 Å². The van der Waals surface area contributed by atoms with Crippen LogP contribution in [-0.4, -0.2) is 47.3 Å². The standard InChI is InChI=1S/C26H23F3N6O/c1-17-25(23(36)35(32-17)20-6-3-2-4-7-20)15-18-14-19(26(27,28)29)8-9-21(18)34-13-12-33(16-22(25)34)24-30-10-5-11-31-24/h2-11,14,22H,12-13,15-16H2,1H3/t22-,25-/m1/s1. The van der Waals surface area contributed by atoms with Crippen molar-refractivity contribution in [3.05, 3.63) is 78.1 Å². The van der Waals surface area contributed by atoms with Gasteiger partial charge in [0.05, 0.1) is 23.0 Å². The number of benzene rings is 2. The summed E-state index contributed by atoms with van der Waals surface area (Å²) < 4.78 is 40.8. The van der Waals surface area contributed by atoms with Crippen molar-refractivity contribution in [2.24, 2.45) is 10.5 Å². The average molecular weight is 493 g/mol. The molecular weight excluding hydrogens is 469 g/mol. The van der Waals surface area contributed by atoms with Gasteiger partial charge in [0, 0.05) is 37.7 Å². The molecule has 36 heavy (non-hydrogen) atoms. The molecule has 3 aliphatic rings. The molecule has 0 N–H and O–H groups in total. The van der Waals surface area contributed by atoms with E-state index in [2.05, 4.69) is 20.0 Å². The predicted molar refractivity (Wildman–Crippen MR) is 130 cm³/mol. The molecule has 4 heterocycles. The van der Waals surface area contributed by atoms with E-state index in [0.29, 0.717) is 42.5 Å². The van der Waals surface area contributed by atoms with Gasteiger partial charge in [-0.3, -0.25) is 4.79 Å². The Morgan fingerprint density at radius 1 is 1.00 bits per heavy atom. The second-order valence-electron chi connectivity index (χ2n) is 9.33. The number of fused-ring (bicyclic) bond motifs is 4. The Labute approximate surface area is 205 Å². The van der Waals surface area contributed by atoms with Crippen LogP contribution in [0.15, 0.2) is 72.1 Å². The number of rotatable bonds is 2. The number of alkyl halides is 3. The molecule has 1 amide bonds. The zero-order valence-corrected chi connectivity index (χ0v) is 19.5. The number of nitrogens with zero attached hydrogens (tertiary/aromatic N) is 6. The highest BCUT2D eigenvalue weighted by Crippen LogP contribution is 2.49. The van der Waals surface area contributed by atoms with Crippen molar-refractivity contribution in [2.75, 3.05) is 34.4 Å². The normalized spacial score (nSPS) is 23.6. The zero-order chi connectivity index (χ0) is 25.1. The molecule has 1 saturated heterocycles. The third kappa shape index (κ3) is 3.35. The number of carbonyl (C=O) groups excluding carboxylic acids is 1. The lowest BCUT2D eigenvalue weighted by molar-refractivity contribution is -0.137. The maximum atomic E-state index is 14.2. The number of piperazine rings is 1. The summed E-state index contributed by atoms with van der Waals surface area (Å²) in [4.78, 5) is 27.1. The average Bonchev–Trinajstić information content (AvgIpc) is 3.14. The molecular formula is C26H23F3N6O. The summed E-state index contributed by atoms with van der Waals surface area (Å²) in [6.07, 6.45) is -0.997. The quantitative estimate of drug-likeness (QED) is 0.538. The first-order chi connectivity index (χ1) is 17.3. The van der Waals surface area contributed by atoms with Crippen molar-refractivity contribution >= 4 is 28.9 Å². The molecule has 1 aromatic heterocycles. The molecule has 0 unspecified atom stereocenters. The molecule has 3 aromatic rings. The van der Waals surface area contributed by atoms with Gasteiger partial charge in [-0.15, -0.1) is 0 Å². The van der Waals surface area contributed by atoms with E-state index in [0.717, 1.165) is 11.8 Å². The minimum Gasteiger partial charge on any atom is -0.363 e. The van der Waals surface area contributed by atoms with Crippen LogP contribution in [0.1, 0.15) is 18.1 Å². The SMILES string of the molecule is CC1=NN(c2ccccc2)C(=O)[C@]12Cc1cc(C(F)(F)F)ccc1N1CCN(c3ncccn3)C[C@@H]12. The lowest BCUT2D eigenvalue weighted by atomic mass is 9.67. The molecule has 1 fully saturated rings. The van der Waals surface area contributed by atoms with Crippen LogP contribution in [-0.2, 0) is 17.4 Å². The fraction of sp³-hybridized carbons (Fsp3) is 0.308. The summed E-state index contributed by atoms with van der Waals surface area (Å²) in [6.45, 7) is 3.32.